The molecule has 1 aromatic carbocycles. The van der Waals surface area contributed by atoms with Gasteiger partial charge in [0.05, 0.1) is 6.54 Å². The molecule has 1 amide bonds. The Morgan fingerprint density at radius 1 is 1.23 bits per heavy atom. The molecule has 1 unspecified atom stereocenters. The van der Waals surface area contributed by atoms with Gasteiger partial charge in [0.2, 0.25) is 0 Å². The molecule has 1 rings (SSSR count). The van der Waals surface area contributed by atoms with E-state index in [1.807, 2.05) is 65.0 Å². The summed E-state index contributed by atoms with van der Waals surface area (Å²) in [6, 6.07) is 9.20. The van der Waals surface area contributed by atoms with Crippen LogP contribution in [0.2, 0.25) is 0 Å². The highest BCUT2D eigenvalue weighted by Crippen LogP contribution is 2.13. The van der Waals surface area contributed by atoms with Crippen molar-refractivity contribution in [2.24, 2.45) is 0 Å². The standard InChI is InChI=1S/C17H27NO4/c1-13(2)18(16(20)22-17(3,4)5)11-14(19)12-21-15-9-7-6-8-10-15/h6-10,13-14,19H,11-12H2,1-5H3. The Kier molecular flexibility index (Phi) is 6.68. The van der Waals surface area contributed by atoms with Crippen molar-refractivity contribution in [1.82, 2.24) is 4.90 Å². The summed E-state index contributed by atoms with van der Waals surface area (Å²) >= 11 is 0. The van der Waals surface area contributed by atoms with Crippen molar-refractivity contribution >= 4 is 6.09 Å². The largest absolute Gasteiger partial charge is 0.491 e. The number of rotatable bonds is 6. The van der Waals surface area contributed by atoms with Crippen LogP contribution >= 0.6 is 0 Å². The van der Waals surface area contributed by atoms with Gasteiger partial charge in [0, 0.05) is 6.04 Å². The SMILES string of the molecule is CC(C)N(CC(O)COc1ccccc1)C(=O)OC(C)(C)C. The lowest BCUT2D eigenvalue weighted by atomic mass is 10.2. The maximum atomic E-state index is 12.2. The van der Waals surface area contributed by atoms with Gasteiger partial charge in [-0.15, -0.1) is 0 Å². The highest BCUT2D eigenvalue weighted by molar-refractivity contribution is 5.68. The summed E-state index contributed by atoms with van der Waals surface area (Å²) in [5.41, 5.74) is -0.560. The summed E-state index contributed by atoms with van der Waals surface area (Å²) in [5, 5.41) is 10.1. The van der Waals surface area contributed by atoms with Gasteiger partial charge >= 0.3 is 6.09 Å². The fraction of sp³-hybridized carbons (Fsp3) is 0.588. The van der Waals surface area contributed by atoms with Gasteiger partial charge in [0.1, 0.15) is 24.1 Å². The van der Waals surface area contributed by atoms with E-state index in [1.54, 1.807) is 0 Å². The van der Waals surface area contributed by atoms with Crippen LogP contribution in [0.4, 0.5) is 4.79 Å². The first-order valence-corrected chi connectivity index (χ1v) is 7.54. The molecule has 0 aliphatic rings. The van der Waals surface area contributed by atoms with Crippen LogP contribution in [0.5, 0.6) is 5.75 Å². The molecule has 1 aromatic rings. The van der Waals surface area contributed by atoms with E-state index >= 15 is 0 Å². The van der Waals surface area contributed by atoms with Crippen LogP contribution in [-0.2, 0) is 4.74 Å². The Balaban J connectivity index is 2.53. The predicted molar refractivity (Wildman–Crippen MR) is 86.0 cm³/mol. The number of ether oxygens (including phenoxy) is 2. The van der Waals surface area contributed by atoms with Gasteiger partial charge in [-0.1, -0.05) is 18.2 Å². The van der Waals surface area contributed by atoms with Crippen LogP contribution in [0.15, 0.2) is 30.3 Å². The normalized spacial score (nSPS) is 12.9. The molecule has 0 aliphatic heterocycles. The maximum Gasteiger partial charge on any atom is 0.410 e. The minimum absolute atomic E-state index is 0.0683. The molecule has 0 saturated carbocycles. The number of hydrogen-bond acceptors (Lipinski definition) is 4. The van der Waals surface area contributed by atoms with Gasteiger partial charge in [0.25, 0.3) is 0 Å². The molecular formula is C17H27NO4. The van der Waals surface area contributed by atoms with Crippen molar-refractivity contribution in [2.45, 2.75) is 52.4 Å². The van der Waals surface area contributed by atoms with Gasteiger partial charge in [0.15, 0.2) is 0 Å². The fourth-order valence-electron chi connectivity index (χ4n) is 1.81. The monoisotopic (exact) mass is 309 g/mol. The zero-order valence-corrected chi connectivity index (χ0v) is 14.1. The number of aliphatic hydroxyl groups is 1. The Morgan fingerprint density at radius 3 is 2.32 bits per heavy atom. The first kappa shape index (κ1) is 18.3. The van der Waals surface area contributed by atoms with Crippen LogP contribution < -0.4 is 4.74 Å². The molecule has 124 valence electrons. The molecule has 0 saturated heterocycles. The van der Waals surface area contributed by atoms with Crippen LogP contribution in [0.3, 0.4) is 0 Å². The summed E-state index contributed by atoms with van der Waals surface area (Å²) in [6.07, 6.45) is -1.21. The molecule has 5 nitrogen and oxygen atoms in total. The highest BCUT2D eigenvalue weighted by Gasteiger charge is 2.26. The second-order valence-electron chi connectivity index (χ2n) is 6.50. The maximum absolute atomic E-state index is 12.2. The predicted octanol–water partition coefficient (Wildman–Crippen LogP) is 3.07. The number of hydrogen-bond donors (Lipinski definition) is 1. The summed E-state index contributed by atoms with van der Waals surface area (Å²) in [7, 11) is 0. The fourth-order valence-corrected chi connectivity index (χ4v) is 1.81. The summed E-state index contributed by atoms with van der Waals surface area (Å²) in [6.45, 7) is 9.51. The number of carbonyl (C=O) groups is 1. The lowest BCUT2D eigenvalue weighted by molar-refractivity contribution is 0.00188. The second kappa shape index (κ2) is 8.03. The smallest absolute Gasteiger partial charge is 0.410 e. The summed E-state index contributed by atoms with van der Waals surface area (Å²) < 4.78 is 10.9. The number of aliphatic hydroxyl groups excluding tert-OH is 1. The molecule has 0 spiro atoms. The third-order valence-corrected chi connectivity index (χ3v) is 2.84. The van der Waals surface area contributed by atoms with E-state index < -0.39 is 17.8 Å². The average molecular weight is 309 g/mol. The Morgan fingerprint density at radius 2 is 1.82 bits per heavy atom. The summed E-state index contributed by atoms with van der Waals surface area (Å²) in [4.78, 5) is 13.7. The number of carbonyl (C=O) groups excluding carboxylic acids is 1. The van der Waals surface area contributed by atoms with Gasteiger partial charge in [-0.3, -0.25) is 0 Å². The van der Waals surface area contributed by atoms with Crippen molar-refractivity contribution in [2.75, 3.05) is 13.2 Å². The third kappa shape index (κ3) is 6.80. The molecule has 1 atom stereocenters. The zero-order chi connectivity index (χ0) is 16.8. The Labute approximate surface area is 132 Å². The van der Waals surface area contributed by atoms with Crippen LogP contribution in [0, 0.1) is 0 Å². The molecule has 0 heterocycles. The van der Waals surface area contributed by atoms with E-state index in [9.17, 15) is 9.90 Å². The number of amides is 1. The number of nitrogens with zero attached hydrogens (tertiary/aromatic N) is 1. The molecule has 0 aliphatic carbocycles. The summed E-state index contributed by atoms with van der Waals surface area (Å²) in [5.74, 6) is 0.690. The van der Waals surface area contributed by atoms with E-state index in [0.717, 1.165) is 0 Å². The lowest BCUT2D eigenvalue weighted by Crippen LogP contribution is -2.46. The highest BCUT2D eigenvalue weighted by atomic mass is 16.6. The van der Waals surface area contributed by atoms with E-state index in [2.05, 4.69) is 0 Å². The van der Waals surface area contributed by atoms with Crippen molar-refractivity contribution in [3.05, 3.63) is 30.3 Å². The van der Waals surface area contributed by atoms with Crippen LogP contribution in [0.1, 0.15) is 34.6 Å². The molecular weight excluding hydrogens is 282 g/mol. The second-order valence-corrected chi connectivity index (χ2v) is 6.50. The average Bonchev–Trinajstić information content (AvgIpc) is 2.41. The van der Waals surface area contributed by atoms with Crippen molar-refractivity contribution < 1.29 is 19.4 Å². The molecule has 1 N–H and O–H groups in total. The molecule has 0 aromatic heterocycles. The van der Waals surface area contributed by atoms with Crippen LogP contribution in [-0.4, -0.2) is 47.0 Å². The van der Waals surface area contributed by atoms with Gasteiger partial charge in [-0.25, -0.2) is 4.79 Å². The van der Waals surface area contributed by atoms with Gasteiger partial charge in [-0.2, -0.15) is 0 Å². The lowest BCUT2D eigenvalue weighted by Gasteiger charge is -2.31. The topological polar surface area (TPSA) is 59.0 Å². The Hall–Kier alpha value is -1.75. The molecule has 5 heteroatoms. The van der Waals surface area contributed by atoms with Crippen molar-refractivity contribution in [1.29, 1.82) is 0 Å². The van der Waals surface area contributed by atoms with E-state index in [-0.39, 0.29) is 19.2 Å². The van der Waals surface area contributed by atoms with Crippen LogP contribution in [0.25, 0.3) is 0 Å². The Bertz CT molecular complexity index is 453. The van der Waals surface area contributed by atoms with Gasteiger partial charge in [-0.05, 0) is 46.8 Å². The zero-order valence-electron chi connectivity index (χ0n) is 14.1. The minimum Gasteiger partial charge on any atom is -0.491 e. The first-order valence-electron chi connectivity index (χ1n) is 7.54. The van der Waals surface area contributed by atoms with E-state index in [4.69, 9.17) is 9.47 Å². The van der Waals surface area contributed by atoms with Crippen molar-refractivity contribution in [3.8, 4) is 5.75 Å². The number of benzene rings is 1. The molecule has 22 heavy (non-hydrogen) atoms. The quantitative estimate of drug-likeness (QED) is 0.877. The first-order chi connectivity index (χ1) is 10.2. The number of para-hydroxylation sites is 1. The van der Waals surface area contributed by atoms with Gasteiger partial charge < -0.3 is 19.5 Å². The van der Waals surface area contributed by atoms with Crippen molar-refractivity contribution in [3.63, 3.8) is 0 Å². The molecule has 0 radical (unpaired) electrons. The van der Waals surface area contributed by atoms with E-state index in [1.165, 1.54) is 4.90 Å². The molecule has 0 fully saturated rings. The third-order valence-electron chi connectivity index (χ3n) is 2.84. The molecule has 0 bridgehead atoms. The minimum atomic E-state index is -0.782. The van der Waals surface area contributed by atoms with E-state index in [0.29, 0.717) is 5.75 Å².